The molecule has 0 heterocycles. The summed E-state index contributed by atoms with van der Waals surface area (Å²) in [4.78, 5) is 11.3. The summed E-state index contributed by atoms with van der Waals surface area (Å²) in [5, 5.41) is 0. The van der Waals surface area contributed by atoms with E-state index >= 15 is 0 Å². The molecule has 144 valence electrons. The van der Waals surface area contributed by atoms with Crippen molar-refractivity contribution >= 4 is 5.91 Å². The second-order valence-corrected chi connectivity index (χ2v) is 5.92. The van der Waals surface area contributed by atoms with Gasteiger partial charge >= 0.3 is 6.36 Å². The van der Waals surface area contributed by atoms with Gasteiger partial charge in [-0.3, -0.25) is 4.79 Å². The maximum Gasteiger partial charge on any atom is 0.573 e. The number of benzene rings is 3. The summed E-state index contributed by atoms with van der Waals surface area (Å²) >= 11 is 0. The molecule has 0 aliphatic carbocycles. The van der Waals surface area contributed by atoms with Gasteiger partial charge in [0.2, 0.25) is 0 Å². The lowest BCUT2D eigenvalue weighted by Crippen LogP contribution is -2.21. The SMILES string of the molecule is NC(=O)c1ccc(-c2ccc(OCc3ccccc3)cc2)cc1OC(F)(F)F. The van der Waals surface area contributed by atoms with Crippen LogP contribution in [-0.2, 0) is 6.61 Å². The molecule has 3 aromatic rings. The van der Waals surface area contributed by atoms with Crippen LogP contribution in [0.2, 0.25) is 0 Å². The predicted molar refractivity (Wildman–Crippen MR) is 97.9 cm³/mol. The summed E-state index contributed by atoms with van der Waals surface area (Å²) in [5.41, 5.74) is 6.87. The van der Waals surface area contributed by atoms with E-state index in [1.165, 1.54) is 12.1 Å². The summed E-state index contributed by atoms with van der Waals surface area (Å²) in [6.07, 6.45) is -4.93. The van der Waals surface area contributed by atoms with Gasteiger partial charge < -0.3 is 15.2 Å². The van der Waals surface area contributed by atoms with Gasteiger partial charge in [0, 0.05) is 0 Å². The average molecular weight is 387 g/mol. The molecule has 0 saturated carbocycles. The van der Waals surface area contributed by atoms with Crippen molar-refractivity contribution in [2.24, 2.45) is 5.73 Å². The zero-order chi connectivity index (χ0) is 20.1. The minimum absolute atomic E-state index is 0.344. The normalized spacial score (nSPS) is 11.1. The Morgan fingerprint density at radius 3 is 2.14 bits per heavy atom. The van der Waals surface area contributed by atoms with Gasteiger partial charge in [0.25, 0.3) is 5.91 Å². The molecule has 0 unspecified atom stereocenters. The third kappa shape index (κ3) is 5.03. The Morgan fingerprint density at radius 2 is 1.54 bits per heavy atom. The van der Waals surface area contributed by atoms with Crippen LogP contribution in [0.4, 0.5) is 13.2 Å². The van der Waals surface area contributed by atoms with Crippen LogP contribution in [0.5, 0.6) is 11.5 Å². The first-order valence-electron chi connectivity index (χ1n) is 8.28. The molecule has 0 aromatic heterocycles. The lowest BCUT2D eigenvalue weighted by molar-refractivity contribution is -0.274. The Bertz CT molecular complexity index is 955. The standard InChI is InChI=1S/C21H16F3NO3/c22-21(23,24)28-19-12-16(8-11-18(19)20(25)26)15-6-9-17(10-7-15)27-13-14-4-2-1-3-5-14/h1-12H,13H2,(H2,25,26). The topological polar surface area (TPSA) is 61.6 Å². The maximum absolute atomic E-state index is 12.6. The molecule has 0 atom stereocenters. The maximum atomic E-state index is 12.6. The van der Waals surface area contributed by atoms with Gasteiger partial charge in [0.1, 0.15) is 18.1 Å². The number of hydrogen-bond acceptors (Lipinski definition) is 3. The van der Waals surface area contributed by atoms with Crippen LogP contribution in [0.1, 0.15) is 15.9 Å². The molecule has 0 saturated heterocycles. The van der Waals surface area contributed by atoms with Crippen LogP contribution < -0.4 is 15.2 Å². The van der Waals surface area contributed by atoms with E-state index in [-0.39, 0.29) is 5.56 Å². The summed E-state index contributed by atoms with van der Waals surface area (Å²) in [7, 11) is 0. The molecule has 0 fully saturated rings. The van der Waals surface area contributed by atoms with Gasteiger partial charge in [-0.25, -0.2) is 0 Å². The molecular formula is C21H16F3NO3. The third-order valence-electron chi connectivity index (χ3n) is 3.91. The molecule has 0 radical (unpaired) electrons. The van der Waals surface area contributed by atoms with Crippen molar-refractivity contribution < 1.29 is 27.4 Å². The summed E-state index contributed by atoms with van der Waals surface area (Å²) in [6.45, 7) is 0.400. The molecule has 0 bridgehead atoms. The van der Waals surface area contributed by atoms with E-state index in [0.29, 0.717) is 23.5 Å². The zero-order valence-corrected chi connectivity index (χ0v) is 14.6. The van der Waals surface area contributed by atoms with E-state index in [4.69, 9.17) is 10.5 Å². The molecule has 0 aliphatic rings. The van der Waals surface area contributed by atoms with E-state index in [0.717, 1.165) is 11.6 Å². The summed E-state index contributed by atoms with van der Waals surface area (Å²) in [6, 6.07) is 20.3. The van der Waals surface area contributed by atoms with Crippen molar-refractivity contribution in [3.8, 4) is 22.6 Å². The number of primary amides is 1. The number of halogens is 3. The minimum atomic E-state index is -4.93. The fourth-order valence-electron chi connectivity index (χ4n) is 2.60. The number of rotatable bonds is 6. The van der Waals surface area contributed by atoms with Gasteiger partial charge in [0.15, 0.2) is 0 Å². The van der Waals surface area contributed by atoms with Gasteiger partial charge in [-0.2, -0.15) is 0 Å². The Kier molecular flexibility index (Phi) is 5.54. The Hall–Kier alpha value is -3.48. The van der Waals surface area contributed by atoms with E-state index < -0.39 is 18.0 Å². The molecule has 1 amide bonds. The number of nitrogens with two attached hydrogens (primary N) is 1. The van der Waals surface area contributed by atoms with Crippen LogP contribution in [-0.4, -0.2) is 12.3 Å². The Labute approximate surface area is 159 Å². The van der Waals surface area contributed by atoms with Crippen LogP contribution in [0, 0.1) is 0 Å². The second kappa shape index (κ2) is 8.04. The molecule has 2 N–H and O–H groups in total. The van der Waals surface area contributed by atoms with Gasteiger partial charge in [-0.15, -0.1) is 13.2 Å². The zero-order valence-electron chi connectivity index (χ0n) is 14.6. The highest BCUT2D eigenvalue weighted by Crippen LogP contribution is 2.32. The van der Waals surface area contributed by atoms with Crippen molar-refractivity contribution in [1.29, 1.82) is 0 Å². The van der Waals surface area contributed by atoms with Crippen LogP contribution in [0.15, 0.2) is 72.8 Å². The molecule has 3 rings (SSSR count). The first-order chi connectivity index (χ1) is 13.3. The average Bonchev–Trinajstić information content (AvgIpc) is 2.66. The van der Waals surface area contributed by atoms with E-state index in [1.54, 1.807) is 24.3 Å². The molecule has 0 spiro atoms. The molecule has 4 nitrogen and oxygen atoms in total. The van der Waals surface area contributed by atoms with Gasteiger partial charge in [-0.1, -0.05) is 48.5 Å². The molecule has 28 heavy (non-hydrogen) atoms. The first kappa shape index (κ1) is 19.3. The van der Waals surface area contributed by atoms with E-state index in [1.807, 2.05) is 30.3 Å². The smallest absolute Gasteiger partial charge is 0.489 e. The number of amides is 1. The van der Waals surface area contributed by atoms with Crippen molar-refractivity contribution in [3.63, 3.8) is 0 Å². The number of ether oxygens (including phenoxy) is 2. The van der Waals surface area contributed by atoms with Crippen LogP contribution in [0.3, 0.4) is 0 Å². The Morgan fingerprint density at radius 1 is 0.893 bits per heavy atom. The number of carbonyl (C=O) groups excluding carboxylic acids is 1. The minimum Gasteiger partial charge on any atom is -0.489 e. The van der Waals surface area contributed by atoms with Crippen molar-refractivity contribution in [2.75, 3.05) is 0 Å². The lowest BCUT2D eigenvalue weighted by atomic mass is 10.0. The third-order valence-corrected chi connectivity index (χ3v) is 3.91. The fraction of sp³-hybridized carbons (Fsp3) is 0.0952. The Balaban J connectivity index is 1.79. The number of alkyl halides is 3. The van der Waals surface area contributed by atoms with Gasteiger partial charge in [-0.05, 0) is 41.0 Å². The monoisotopic (exact) mass is 387 g/mol. The lowest BCUT2D eigenvalue weighted by Gasteiger charge is -2.13. The first-order valence-corrected chi connectivity index (χ1v) is 8.28. The fourth-order valence-corrected chi connectivity index (χ4v) is 2.60. The highest BCUT2D eigenvalue weighted by Gasteiger charge is 2.33. The number of carbonyl (C=O) groups is 1. The van der Waals surface area contributed by atoms with Crippen molar-refractivity contribution in [2.45, 2.75) is 13.0 Å². The molecular weight excluding hydrogens is 371 g/mol. The quantitative estimate of drug-likeness (QED) is 0.652. The van der Waals surface area contributed by atoms with Crippen LogP contribution >= 0.6 is 0 Å². The predicted octanol–water partition coefficient (Wildman–Crippen LogP) is 4.93. The van der Waals surface area contributed by atoms with Crippen molar-refractivity contribution in [3.05, 3.63) is 83.9 Å². The van der Waals surface area contributed by atoms with E-state index in [2.05, 4.69) is 4.74 Å². The second-order valence-electron chi connectivity index (χ2n) is 5.92. The molecule has 3 aromatic carbocycles. The highest BCUT2D eigenvalue weighted by molar-refractivity contribution is 5.96. The van der Waals surface area contributed by atoms with Crippen molar-refractivity contribution in [1.82, 2.24) is 0 Å². The largest absolute Gasteiger partial charge is 0.573 e. The van der Waals surface area contributed by atoms with E-state index in [9.17, 15) is 18.0 Å². The van der Waals surface area contributed by atoms with Crippen LogP contribution in [0.25, 0.3) is 11.1 Å². The number of hydrogen-bond donors (Lipinski definition) is 1. The molecule has 7 heteroatoms. The summed E-state index contributed by atoms with van der Waals surface area (Å²) in [5.74, 6) is -1.02. The summed E-state index contributed by atoms with van der Waals surface area (Å²) < 4.78 is 47.4. The highest BCUT2D eigenvalue weighted by atomic mass is 19.4. The molecule has 0 aliphatic heterocycles. The van der Waals surface area contributed by atoms with Gasteiger partial charge in [0.05, 0.1) is 5.56 Å².